The van der Waals surface area contributed by atoms with Crippen molar-refractivity contribution >= 4 is 10.0 Å². The van der Waals surface area contributed by atoms with Gasteiger partial charge in [-0.15, -0.1) is 0 Å². The number of ether oxygens (including phenoxy) is 2. The molecule has 2 aliphatic rings. The normalized spacial score (nSPS) is 29.1. The molecule has 1 saturated carbocycles. The molecule has 1 heterocycles. The van der Waals surface area contributed by atoms with Gasteiger partial charge in [-0.3, -0.25) is 0 Å². The van der Waals surface area contributed by atoms with Crippen LogP contribution in [0.25, 0.3) is 0 Å². The highest BCUT2D eigenvalue weighted by Crippen LogP contribution is 2.28. The molecule has 3 rings (SSSR count). The maximum absolute atomic E-state index is 13.1. The molecule has 1 aliphatic carbocycles. The van der Waals surface area contributed by atoms with E-state index in [9.17, 15) is 12.8 Å². The van der Waals surface area contributed by atoms with Crippen molar-refractivity contribution < 1.29 is 22.3 Å². The summed E-state index contributed by atoms with van der Waals surface area (Å²) < 4.78 is 52.1. The van der Waals surface area contributed by atoms with Gasteiger partial charge in [0.05, 0.1) is 30.3 Å². The molecule has 22 heavy (non-hydrogen) atoms. The number of rotatable bonds is 3. The van der Waals surface area contributed by atoms with Crippen molar-refractivity contribution in [1.82, 2.24) is 4.72 Å². The molecule has 0 amide bonds. The molecule has 0 bridgehead atoms. The number of hydrogen-bond donors (Lipinski definition) is 1. The van der Waals surface area contributed by atoms with Gasteiger partial charge in [-0.2, -0.15) is 0 Å². The fraction of sp³-hybridized carbons (Fsp3) is 0.600. The average molecular weight is 329 g/mol. The first-order valence-corrected chi connectivity index (χ1v) is 8.96. The van der Waals surface area contributed by atoms with E-state index in [0.717, 1.165) is 12.5 Å². The second-order valence-electron chi connectivity index (χ2n) is 5.86. The highest BCUT2D eigenvalue weighted by atomic mass is 32.2. The second kappa shape index (κ2) is 6.23. The minimum absolute atomic E-state index is 0.0514. The summed E-state index contributed by atoms with van der Waals surface area (Å²) >= 11 is 0. The van der Waals surface area contributed by atoms with Gasteiger partial charge in [0.25, 0.3) is 0 Å². The van der Waals surface area contributed by atoms with E-state index < -0.39 is 15.8 Å². The Balaban J connectivity index is 1.71. The van der Waals surface area contributed by atoms with E-state index in [1.165, 1.54) is 12.1 Å². The van der Waals surface area contributed by atoms with E-state index in [-0.39, 0.29) is 23.1 Å². The monoisotopic (exact) mass is 329 g/mol. The highest BCUT2D eigenvalue weighted by molar-refractivity contribution is 7.89. The second-order valence-corrected chi connectivity index (χ2v) is 7.54. The first kappa shape index (κ1) is 15.9. The molecule has 122 valence electrons. The third-order valence-electron chi connectivity index (χ3n) is 4.23. The maximum atomic E-state index is 13.1. The summed E-state index contributed by atoms with van der Waals surface area (Å²) in [6.45, 7) is 2.75. The molecule has 0 aromatic heterocycles. The number of benzene rings is 1. The number of aryl methyl sites for hydroxylation is 1. The summed E-state index contributed by atoms with van der Waals surface area (Å²) in [4.78, 5) is 0.122. The van der Waals surface area contributed by atoms with Gasteiger partial charge in [0.15, 0.2) is 0 Å². The number of sulfonamides is 1. The van der Waals surface area contributed by atoms with Crippen molar-refractivity contribution in [2.45, 2.75) is 49.3 Å². The van der Waals surface area contributed by atoms with Crippen LogP contribution in [0.15, 0.2) is 23.1 Å². The Hall–Kier alpha value is -1.02. The SMILES string of the molecule is Cc1cc(F)ccc1S(=O)(=O)N[C@@H]1CC[C@H]2OCCO[C@H]2C1. The highest BCUT2D eigenvalue weighted by Gasteiger charge is 2.36. The van der Waals surface area contributed by atoms with Crippen molar-refractivity contribution in [1.29, 1.82) is 0 Å². The van der Waals surface area contributed by atoms with Crippen LogP contribution < -0.4 is 4.72 Å². The molecule has 7 heteroatoms. The van der Waals surface area contributed by atoms with Crippen LogP contribution in [0, 0.1) is 12.7 Å². The molecule has 1 aromatic rings. The van der Waals surface area contributed by atoms with Crippen molar-refractivity contribution in [2.24, 2.45) is 0 Å². The van der Waals surface area contributed by atoms with Gasteiger partial charge in [-0.1, -0.05) is 0 Å². The molecule has 1 saturated heterocycles. The minimum Gasteiger partial charge on any atom is -0.373 e. The maximum Gasteiger partial charge on any atom is 0.241 e. The fourth-order valence-electron chi connectivity index (χ4n) is 3.17. The lowest BCUT2D eigenvalue weighted by molar-refractivity contribution is -0.156. The van der Waals surface area contributed by atoms with Crippen molar-refractivity contribution in [3.8, 4) is 0 Å². The summed E-state index contributed by atoms with van der Waals surface area (Å²) in [7, 11) is -3.66. The van der Waals surface area contributed by atoms with Crippen LogP contribution in [0.5, 0.6) is 0 Å². The molecule has 2 fully saturated rings. The number of fused-ring (bicyclic) bond motifs is 1. The van der Waals surface area contributed by atoms with Crippen LogP contribution >= 0.6 is 0 Å². The number of nitrogens with one attached hydrogen (secondary N) is 1. The van der Waals surface area contributed by atoms with Crippen LogP contribution in [-0.2, 0) is 19.5 Å². The van der Waals surface area contributed by atoms with Crippen LogP contribution in [0.4, 0.5) is 4.39 Å². The molecule has 1 aromatic carbocycles. The number of halogens is 1. The first-order chi connectivity index (χ1) is 10.5. The third-order valence-corrected chi connectivity index (χ3v) is 5.91. The molecule has 0 unspecified atom stereocenters. The molecular formula is C15H20FNO4S. The lowest BCUT2D eigenvalue weighted by Gasteiger charge is -2.38. The Morgan fingerprint density at radius 3 is 2.64 bits per heavy atom. The van der Waals surface area contributed by atoms with Crippen molar-refractivity contribution in [3.05, 3.63) is 29.6 Å². The Kier molecular flexibility index (Phi) is 4.49. The van der Waals surface area contributed by atoms with E-state index in [4.69, 9.17) is 9.47 Å². The molecule has 0 radical (unpaired) electrons. The van der Waals surface area contributed by atoms with Crippen molar-refractivity contribution in [3.63, 3.8) is 0 Å². The first-order valence-electron chi connectivity index (χ1n) is 7.47. The van der Waals surface area contributed by atoms with Gasteiger partial charge in [-0.05, 0) is 49.9 Å². The summed E-state index contributed by atoms with van der Waals surface area (Å²) in [5.41, 5.74) is 0.401. The largest absolute Gasteiger partial charge is 0.373 e. The smallest absolute Gasteiger partial charge is 0.241 e. The van der Waals surface area contributed by atoms with Gasteiger partial charge in [0, 0.05) is 6.04 Å². The van der Waals surface area contributed by atoms with Crippen LogP contribution in [0.3, 0.4) is 0 Å². The Bertz CT molecular complexity index is 649. The van der Waals surface area contributed by atoms with Gasteiger partial charge in [0.2, 0.25) is 10.0 Å². The number of hydrogen-bond acceptors (Lipinski definition) is 4. The van der Waals surface area contributed by atoms with Gasteiger partial charge in [-0.25, -0.2) is 17.5 Å². The molecular weight excluding hydrogens is 309 g/mol. The van der Waals surface area contributed by atoms with Gasteiger partial charge < -0.3 is 9.47 Å². The lowest BCUT2D eigenvalue weighted by Crippen LogP contribution is -2.49. The summed E-state index contributed by atoms with van der Waals surface area (Å²) in [5, 5.41) is 0. The fourth-order valence-corrected chi connectivity index (χ4v) is 4.68. The Labute approximate surface area is 129 Å². The lowest BCUT2D eigenvalue weighted by atomic mass is 9.90. The quantitative estimate of drug-likeness (QED) is 0.917. The molecule has 5 nitrogen and oxygen atoms in total. The predicted octanol–water partition coefficient (Wildman–Crippen LogP) is 1.75. The molecule has 1 aliphatic heterocycles. The third kappa shape index (κ3) is 3.32. The Morgan fingerprint density at radius 2 is 1.91 bits per heavy atom. The van der Waals surface area contributed by atoms with E-state index in [1.807, 2.05) is 0 Å². The zero-order valence-corrected chi connectivity index (χ0v) is 13.2. The van der Waals surface area contributed by atoms with E-state index in [1.54, 1.807) is 6.92 Å². The van der Waals surface area contributed by atoms with Gasteiger partial charge in [0.1, 0.15) is 5.82 Å². The summed E-state index contributed by atoms with van der Waals surface area (Å²) in [5.74, 6) is -0.440. The van der Waals surface area contributed by atoms with Crippen LogP contribution in [0.2, 0.25) is 0 Å². The average Bonchev–Trinajstić information content (AvgIpc) is 2.46. The van der Waals surface area contributed by atoms with E-state index in [2.05, 4.69) is 4.72 Å². The zero-order chi connectivity index (χ0) is 15.7. The minimum atomic E-state index is -3.66. The van der Waals surface area contributed by atoms with E-state index in [0.29, 0.717) is 31.6 Å². The molecule has 3 atom stereocenters. The van der Waals surface area contributed by atoms with Crippen molar-refractivity contribution in [2.75, 3.05) is 13.2 Å². The zero-order valence-electron chi connectivity index (χ0n) is 12.4. The molecule has 0 spiro atoms. The predicted molar refractivity (Wildman–Crippen MR) is 78.6 cm³/mol. The standard InChI is InChI=1S/C15H20FNO4S/c1-10-8-11(16)2-5-15(10)22(18,19)17-12-3-4-13-14(9-12)21-7-6-20-13/h2,5,8,12-14,17H,3-4,6-7,9H2,1H3/t12-,13-,14+/m1/s1. The molecule has 1 N–H and O–H groups in total. The topological polar surface area (TPSA) is 64.6 Å². The summed E-state index contributed by atoms with van der Waals surface area (Å²) in [6.07, 6.45) is 2.11. The summed E-state index contributed by atoms with van der Waals surface area (Å²) in [6, 6.07) is 3.51. The van der Waals surface area contributed by atoms with Crippen LogP contribution in [0.1, 0.15) is 24.8 Å². The van der Waals surface area contributed by atoms with E-state index >= 15 is 0 Å². The van der Waals surface area contributed by atoms with Gasteiger partial charge >= 0.3 is 0 Å². The van der Waals surface area contributed by atoms with Crippen LogP contribution in [-0.4, -0.2) is 39.9 Å². The Morgan fingerprint density at radius 1 is 1.18 bits per heavy atom.